The van der Waals surface area contributed by atoms with Crippen LogP contribution in [0, 0.1) is 17.8 Å². The molecule has 0 bridgehead atoms. The van der Waals surface area contributed by atoms with Gasteiger partial charge in [0.2, 0.25) is 0 Å². The van der Waals surface area contributed by atoms with Crippen LogP contribution >= 0.6 is 0 Å². The summed E-state index contributed by atoms with van der Waals surface area (Å²) in [4.78, 5) is 10.7. The minimum absolute atomic E-state index is 0.225. The second-order valence-electron chi connectivity index (χ2n) is 3.87. The summed E-state index contributed by atoms with van der Waals surface area (Å²) in [5.41, 5.74) is 0. The smallest absolute Gasteiger partial charge is 0.309 e. The fraction of sp³-hybridized carbons (Fsp3) is 0.889. The monoisotopic (exact) mass is 172 g/mol. The van der Waals surface area contributed by atoms with Crippen LogP contribution in [0.1, 0.15) is 20.3 Å². The third-order valence-corrected chi connectivity index (χ3v) is 2.29. The van der Waals surface area contributed by atoms with E-state index in [1.165, 1.54) is 0 Å². The van der Waals surface area contributed by atoms with Crippen LogP contribution in [0.25, 0.3) is 0 Å². The molecule has 0 aromatic carbocycles. The first-order chi connectivity index (χ1) is 5.61. The summed E-state index contributed by atoms with van der Waals surface area (Å²) in [7, 11) is 0. The van der Waals surface area contributed by atoms with E-state index in [4.69, 9.17) is 9.84 Å². The Labute approximate surface area is 72.7 Å². The summed E-state index contributed by atoms with van der Waals surface area (Å²) >= 11 is 0. The van der Waals surface area contributed by atoms with Gasteiger partial charge in [-0.25, -0.2) is 0 Å². The van der Waals surface area contributed by atoms with E-state index in [1.807, 2.05) is 0 Å². The minimum Gasteiger partial charge on any atom is -0.481 e. The summed E-state index contributed by atoms with van der Waals surface area (Å²) in [6, 6.07) is 0. The molecule has 0 aliphatic carbocycles. The summed E-state index contributed by atoms with van der Waals surface area (Å²) in [5, 5.41) is 8.82. The van der Waals surface area contributed by atoms with Gasteiger partial charge in [0.15, 0.2) is 0 Å². The molecule has 0 saturated carbocycles. The Morgan fingerprint density at radius 2 is 2.25 bits per heavy atom. The molecule has 1 aliphatic rings. The van der Waals surface area contributed by atoms with Crippen LogP contribution in [0.4, 0.5) is 0 Å². The zero-order valence-electron chi connectivity index (χ0n) is 7.62. The minimum atomic E-state index is -0.710. The second-order valence-corrected chi connectivity index (χ2v) is 3.87. The molecule has 0 amide bonds. The Morgan fingerprint density at radius 3 is 2.75 bits per heavy atom. The van der Waals surface area contributed by atoms with E-state index < -0.39 is 5.97 Å². The maximum Gasteiger partial charge on any atom is 0.309 e. The highest BCUT2D eigenvalue weighted by Crippen LogP contribution is 2.26. The van der Waals surface area contributed by atoms with Crippen molar-refractivity contribution < 1.29 is 14.6 Å². The van der Waals surface area contributed by atoms with Gasteiger partial charge >= 0.3 is 5.97 Å². The van der Waals surface area contributed by atoms with Gasteiger partial charge in [0.05, 0.1) is 19.1 Å². The topological polar surface area (TPSA) is 46.5 Å². The third-order valence-electron chi connectivity index (χ3n) is 2.29. The fourth-order valence-electron chi connectivity index (χ4n) is 1.71. The lowest BCUT2D eigenvalue weighted by Gasteiger charge is -2.15. The molecule has 1 saturated heterocycles. The number of ether oxygens (including phenoxy) is 1. The average molecular weight is 172 g/mol. The van der Waals surface area contributed by atoms with Crippen LogP contribution in [0.3, 0.4) is 0 Å². The summed E-state index contributed by atoms with van der Waals surface area (Å²) < 4.78 is 5.15. The maximum absolute atomic E-state index is 10.7. The summed E-state index contributed by atoms with van der Waals surface area (Å²) in [6.45, 7) is 5.23. The quantitative estimate of drug-likeness (QED) is 0.699. The van der Waals surface area contributed by atoms with Gasteiger partial charge in [-0.1, -0.05) is 13.8 Å². The van der Waals surface area contributed by atoms with Gasteiger partial charge in [0, 0.05) is 0 Å². The van der Waals surface area contributed by atoms with Gasteiger partial charge in [-0.2, -0.15) is 0 Å². The maximum atomic E-state index is 10.7. The summed E-state index contributed by atoms with van der Waals surface area (Å²) in [5.74, 6) is -0.202. The molecule has 1 aliphatic heterocycles. The van der Waals surface area contributed by atoms with Crippen molar-refractivity contribution in [3.8, 4) is 0 Å². The molecule has 2 unspecified atom stereocenters. The number of aliphatic carboxylic acids is 1. The Balaban J connectivity index is 2.46. The van der Waals surface area contributed by atoms with E-state index in [1.54, 1.807) is 0 Å². The predicted molar refractivity (Wildman–Crippen MR) is 44.9 cm³/mol. The van der Waals surface area contributed by atoms with Crippen molar-refractivity contribution in [3.05, 3.63) is 0 Å². The Hall–Kier alpha value is -0.570. The molecule has 70 valence electrons. The second kappa shape index (κ2) is 3.90. The van der Waals surface area contributed by atoms with Gasteiger partial charge in [-0.05, 0) is 18.3 Å². The highest BCUT2D eigenvalue weighted by molar-refractivity contribution is 5.70. The van der Waals surface area contributed by atoms with Crippen molar-refractivity contribution in [2.45, 2.75) is 20.3 Å². The molecule has 2 atom stereocenters. The van der Waals surface area contributed by atoms with E-state index in [0.717, 1.165) is 6.42 Å². The molecule has 0 aromatic rings. The third kappa shape index (κ3) is 2.21. The zero-order chi connectivity index (χ0) is 9.14. The van der Waals surface area contributed by atoms with E-state index in [2.05, 4.69) is 13.8 Å². The van der Waals surface area contributed by atoms with Crippen LogP contribution < -0.4 is 0 Å². The SMILES string of the molecule is CC(C)CC1COCC1C(=O)O. The fourth-order valence-corrected chi connectivity index (χ4v) is 1.71. The Bertz CT molecular complexity index is 165. The molecule has 1 N–H and O–H groups in total. The van der Waals surface area contributed by atoms with Crippen LogP contribution in [0.15, 0.2) is 0 Å². The van der Waals surface area contributed by atoms with Crippen molar-refractivity contribution in [2.75, 3.05) is 13.2 Å². The molecule has 1 fully saturated rings. The molecule has 0 aromatic heterocycles. The standard InChI is InChI=1S/C9H16O3/c1-6(2)3-7-4-12-5-8(7)9(10)11/h6-8H,3-5H2,1-2H3,(H,10,11). The molecule has 1 rings (SSSR count). The molecular formula is C9H16O3. The molecule has 1 heterocycles. The van der Waals surface area contributed by atoms with Crippen molar-refractivity contribution in [1.82, 2.24) is 0 Å². The lowest BCUT2D eigenvalue weighted by molar-refractivity contribution is -0.142. The van der Waals surface area contributed by atoms with Crippen molar-refractivity contribution >= 4 is 5.97 Å². The van der Waals surface area contributed by atoms with Gasteiger partial charge < -0.3 is 9.84 Å². The molecule has 3 nitrogen and oxygen atoms in total. The van der Waals surface area contributed by atoms with Crippen LogP contribution in [0.2, 0.25) is 0 Å². The lowest BCUT2D eigenvalue weighted by Crippen LogP contribution is -2.23. The number of carbonyl (C=O) groups is 1. The number of hydrogen-bond donors (Lipinski definition) is 1. The Kier molecular flexibility index (Phi) is 3.09. The van der Waals surface area contributed by atoms with Gasteiger partial charge in [0.1, 0.15) is 0 Å². The van der Waals surface area contributed by atoms with E-state index in [0.29, 0.717) is 19.1 Å². The molecule has 0 radical (unpaired) electrons. The lowest BCUT2D eigenvalue weighted by atomic mass is 9.88. The van der Waals surface area contributed by atoms with Crippen LogP contribution in [-0.2, 0) is 9.53 Å². The van der Waals surface area contributed by atoms with E-state index in [-0.39, 0.29) is 11.8 Å². The van der Waals surface area contributed by atoms with Crippen molar-refractivity contribution in [1.29, 1.82) is 0 Å². The number of hydrogen-bond acceptors (Lipinski definition) is 2. The van der Waals surface area contributed by atoms with Crippen LogP contribution in [0.5, 0.6) is 0 Å². The highest BCUT2D eigenvalue weighted by Gasteiger charge is 2.33. The normalized spacial score (nSPS) is 29.6. The largest absolute Gasteiger partial charge is 0.481 e. The number of rotatable bonds is 3. The first-order valence-electron chi connectivity index (χ1n) is 4.41. The number of carboxylic acids is 1. The van der Waals surface area contributed by atoms with Gasteiger partial charge in [-0.3, -0.25) is 4.79 Å². The van der Waals surface area contributed by atoms with Gasteiger partial charge in [0.25, 0.3) is 0 Å². The van der Waals surface area contributed by atoms with Crippen molar-refractivity contribution in [3.63, 3.8) is 0 Å². The first-order valence-corrected chi connectivity index (χ1v) is 4.41. The predicted octanol–water partition coefficient (Wildman–Crippen LogP) is 1.38. The highest BCUT2D eigenvalue weighted by atomic mass is 16.5. The Morgan fingerprint density at radius 1 is 1.58 bits per heavy atom. The number of carboxylic acid groups (broad SMARTS) is 1. The summed E-state index contributed by atoms with van der Waals surface area (Å²) in [6.07, 6.45) is 0.955. The van der Waals surface area contributed by atoms with E-state index in [9.17, 15) is 4.79 Å². The average Bonchev–Trinajstić information content (AvgIpc) is 2.33. The molecule has 12 heavy (non-hydrogen) atoms. The zero-order valence-corrected chi connectivity index (χ0v) is 7.62. The van der Waals surface area contributed by atoms with E-state index >= 15 is 0 Å². The molecule has 3 heteroatoms. The first kappa shape index (κ1) is 9.52. The van der Waals surface area contributed by atoms with Gasteiger partial charge in [-0.15, -0.1) is 0 Å². The molecule has 0 spiro atoms. The van der Waals surface area contributed by atoms with Crippen molar-refractivity contribution in [2.24, 2.45) is 17.8 Å². The molecular weight excluding hydrogens is 156 g/mol. The van der Waals surface area contributed by atoms with Crippen LogP contribution in [-0.4, -0.2) is 24.3 Å².